The zero-order chi connectivity index (χ0) is 13.0. The van der Waals surface area contributed by atoms with E-state index in [0.29, 0.717) is 5.92 Å². The van der Waals surface area contributed by atoms with Gasteiger partial charge in [-0.3, -0.25) is 0 Å². The van der Waals surface area contributed by atoms with Crippen LogP contribution in [0.25, 0.3) is 0 Å². The van der Waals surface area contributed by atoms with Crippen LogP contribution in [0.5, 0.6) is 0 Å². The number of hydrogen-bond acceptors (Lipinski definition) is 1. The van der Waals surface area contributed by atoms with Crippen LogP contribution in [-0.2, 0) is 6.42 Å². The molecule has 1 N–H and O–H groups in total. The number of aliphatic hydroxyl groups excluding tert-OH is 1. The summed E-state index contributed by atoms with van der Waals surface area (Å²) in [5, 5.41) is 10.4. The fraction of sp³-hybridized carbons (Fsp3) is 0.625. The van der Waals surface area contributed by atoms with E-state index in [1.54, 1.807) is 0 Å². The first-order valence-electron chi connectivity index (χ1n) is 7.11. The molecule has 0 amide bonds. The Balaban J connectivity index is 1.87. The number of rotatable bonds is 4. The van der Waals surface area contributed by atoms with E-state index in [1.807, 2.05) is 12.1 Å². The molecule has 0 spiro atoms. The van der Waals surface area contributed by atoms with Crippen LogP contribution >= 0.6 is 15.9 Å². The molecule has 1 nitrogen and oxygen atoms in total. The fourth-order valence-corrected chi connectivity index (χ4v) is 3.50. The molecule has 1 aliphatic carbocycles. The lowest BCUT2D eigenvalue weighted by Crippen LogP contribution is -2.27. The first-order valence-corrected chi connectivity index (χ1v) is 7.91. The summed E-state index contributed by atoms with van der Waals surface area (Å²) in [6.45, 7) is 2.28. The van der Waals surface area contributed by atoms with Gasteiger partial charge in [0.25, 0.3) is 0 Å². The Labute approximate surface area is 119 Å². The van der Waals surface area contributed by atoms with Gasteiger partial charge in [-0.2, -0.15) is 0 Å². The molecular weight excluding hydrogens is 288 g/mol. The summed E-state index contributed by atoms with van der Waals surface area (Å²) in [5.74, 6) is 1.41. The second kappa shape index (κ2) is 6.72. The molecule has 0 bridgehead atoms. The van der Waals surface area contributed by atoms with Crippen molar-refractivity contribution in [2.45, 2.75) is 51.6 Å². The van der Waals surface area contributed by atoms with Crippen LogP contribution in [0.4, 0.5) is 0 Å². The number of benzene rings is 1. The van der Waals surface area contributed by atoms with Crippen molar-refractivity contribution < 1.29 is 5.11 Å². The van der Waals surface area contributed by atoms with Gasteiger partial charge < -0.3 is 5.11 Å². The van der Waals surface area contributed by atoms with Gasteiger partial charge >= 0.3 is 0 Å². The summed E-state index contributed by atoms with van der Waals surface area (Å²) in [6, 6.07) is 8.29. The lowest BCUT2D eigenvalue weighted by molar-refractivity contribution is 0.0735. The lowest BCUT2D eigenvalue weighted by atomic mass is 9.77. The minimum Gasteiger partial charge on any atom is -0.392 e. The van der Waals surface area contributed by atoms with Crippen LogP contribution in [0.15, 0.2) is 28.7 Å². The van der Waals surface area contributed by atoms with Crippen molar-refractivity contribution in [3.8, 4) is 0 Å². The van der Waals surface area contributed by atoms with Gasteiger partial charge in [0.15, 0.2) is 0 Å². The maximum atomic E-state index is 10.4. The van der Waals surface area contributed by atoms with E-state index < -0.39 is 0 Å². The highest BCUT2D eigenvalue weighted by atomic mass is 79.9. The molecule has 0 heterocycles. The average Bonchev–Trinajstić information content (AvgIpc) is 2.39. The largest absolute Gasteiger partial charge is 0.392 e. The SMILES string of the molecule is CCC1CCC(C(O)Cc2cccc(Br)c2)CC1. The van der Waals surface area contributed by atoms with Gasteiger partial charge in [-0.05, 0) is 48.8 Å². The lowest BCUT2D eigenvalue weighted by Gasteiger charge is -2.31. The molecule has 18 heavy (non-hydrogen) atoms. The molecule has 1 aromatic carbocycles. The van der Waals surface area contributed by atoms with Crippen LogP contribution in [0.3, 0.4) is 0 Å². The van der Waals surface area contributed by atoms with Crippen molar-refractivity contribution >= 4 is 15.9 Å². The van der Waals surface area contributed by atoms with Gasteiger partial charge in [-0.1, -0.05) is 54.2 Å². The topological polar surface area (TPSA) is 20.2 Å². The molecule has 1 saturated carbocycles. The molecule has 1 unspecified atom stereocenters. The second-order valence-corrected chi connectivity index (χ2v) is 6.51. The molecule has 0 saturated heterocycles. The Morgan fingerprint density at radius 2 is 2.00 bits per heavy atom. The Morgan fingerprint density at radius 1 is 1.28 bits per heavy atom. The molecule has 1 aromatic rings. The van der Waals surface area contributed by atoms with Crippen molar-refractivity contribution in [3.63, 3.8) is 0 Å². The van der Waals surface area contributed by atoms with Gasteiger partial charge in [0.05, 0.1) is 6.10 Å². The third-order valence-electron chi connectivity index (χ3n) is 4.35. The quantitative estimate of drug-likeness (QED) is 0.863. The standard InChI is InChI=1S/C16H23BrO/c1-2-12-6-8-14(9-7-12)16(18)11-13-4-3-5-15(17)10-13/h3-5,10,12,14,16,18H,2,6-9,11H2,1H3. The number of halogens is 1. The maximum absolute atomic E-state index is 10.4. The predicted molar refractivity (Wildman–Crippen MR) is 79.6 cm³/mol. The highest BCUT2D eigenvalue weighted by molar-refractivity contribution is 9.10. The van der Waals surface area contributed by atoms with Gasteiger partial charge in [0, 0.05) is 4.47 Å². The predicted octanol–water partition coefficient (Wildman–Crippen LogP) is 4.57. The zero-order valence-electron chi connectivity index (χ0n) is 11.1. The molecule has 100 valence electrons. The van der Waals surface area contributed by atoms with Crippen molar-refractivity contribution in [2.24, 2.45) is 11.8 Å². The Morgan fingerprint density at radius 3 is 2.61 bits per heavy atom. The van der Waals surface area contributed by atoms with Gasteiger partial charge in [0.1, 0.15) is 0 Å². The molecule has 2 heteroatoms. The third kappa shape index (κ3) is 3.83. The Hall–Kier alpha value is -0.340. The van der Waals surface area contributed by atoms with E-state index >= 15 is 0 Å². The maximum Gasteiger partial charge on any atom is 0.0608 e. The minimum absolute atomic E-state index is 0.169. The first-order chi connectivity index (χ1) is 8.69. The van der Waals surface area contributed by atoms with Crippen LogP contribution in [-0.4, -0.2) is 11.2 Å². The normalized spacial score (nSPS) is 25.9. The summed E-state index contributed by atoms with van der Waals surface area (Å²) >= 11 is 3.48. The van der Waals surface area contributed by atoms with Gasteiger partial charge in [-0.25, -0.2) is 0 Å². The number of hydrogen-bond donors (Lipinski definition) is 1. The van der Waals surface area contributed by atoms with Gasteiger partial charge in [0.2, 0.25) is 0 Å². The van der Waals surface area contributed by atoms with Crippen molar-refractivity contribution in [2.75, 3.05) is 0 Å². The highest BCUT2D eigenvalue weighted by Gasteiger charge is 2.25. The molecule has 0 aromatic heterocycles. The molecule has 0 aliphatic heterocycles. The molecule has 1 atom stereocenters. The molecule has 1 aliphatic rings. The van der Waals surface area contributed by atoms with Crippen molar-refractivity contribution in [1.82, 2.24) is 0 Å². The smallest absolute Gasteiger partial charge is 0.0608 e. The molecule has 2 rings (SSSR count). The van der Waals surface area contributed by atoms with Crippen LogP contribution in [0, 0.1) is 11.8 Å². The average molecular weight is 311 g/mol. The summed E-state index contributed by atoms with van der Waals surface area (Å²) in [5.41, 5.74) is 1.23. The van der Waals surface area contributed by atoms with Gasteiger partial charge in [-0.15, -0.1) is 0 Å². The third-order valence-corrected chi connectivity index (χ3v) is 4.84. The minimum atomic E-state index is -0.169. The van der Waals surface area contributed by atoms with E-state index in [2.05, 4.69) is 35.0 Å². The van der Waals surface area contributed by atoms with Crippen LogP contribution in [0.1, 0.15) is 44.6 Å². The Kier molecular flexibility index (Phi) is 5.25. The van der Waals surface area contributed by atoms with Crippen molar-refractivity contribution in [1.29, 1.82) is 0 Å². The molecular formula is C16H23BrO. The molecule has 1 fully saturated rings. The molecule has 0 radical (unpaired) electrons. The second-order valence-electron chi connectivity index (χ2n) is 5.59. The van der Waals surface area contributed by atoms with Crippen LogP contribution in [0.2, 0.25) is 0 Å². The van der Waals surface area contributed by atoms with E-state index in [1.165, 1.54) is 37.7 Å². The monoisotopic (exact) mass is 310 g/mol. The summed E-state index contributed by atoms with van der Waals surface area (Å²) in [4.78, 5) is 0. The van der Waals surface area contributed by atoms with Crippen molar-refractivity contribution in [3.05, 3.63) is 34.3 Å². The summed E-state index contributed by atoms with van der Waals surface area (Å²) < 4.78 is 1.10. The fourth-order valence-electron chi connectivity index (χ4n) is 3.05. The van der Waals surface area contributed by atoms with E-state index in [0.717, 1.165) is 16.8 Å². The summed E-state index contributed by atoms with van der Waals surface area (Å²) in [7, 11) is 0. The summed E-state index contributed by atoms with van der Waals surface area (Å²) in [6.07, 6.45) is 6.93. The van der Waals surface area contributed by atoms with E-state index in [-0.39, 0.29) is 6.10 Å². The zero-order valence-corrected chi connectivity index (χ0v) is 12.7. The van der Waals surface area contributed by atoms with Crippen LogP contribution < -0.4 is 0 Å². The van der Waals surface area contributed by atoms with E-state index in [9.17, 15) is 5.11 Å². The van der Waals surface area contributed by atoms with E-state index in [4.69, 9.17) is 0 Å². The number of aliphatic hydroxyl groups is 1. The highest BCUT2D eigenvalue weighted by Crippen LogP contribution is 2.33. The first kappa shape index (κ1) is 14.1. The Bertz CT molecular complexity index is 369.